The molecule has 0 bridgehead atoms. The summed E-state index contributed by atoms with van der Waals surface area (Å²) in [6.45, 7) is 0.803. The van der Waals surface area contributed by atoms with Crippen molar-refractivity contribution in [2.45, 2.75) is 44.1 Å². The van der Waals surface area contributed by atoms with Gasteiger partial charge in [0.1, 0.15) is 0 Å². The van der Waals surface area contributed by atoms with E-state index in [1.807, 2.05) is 29.2 Å². The summed E-state index contributed by atoms with van der Waals surface area (Å²) in [4.78, 5) is 19.8. The molecule has 3 aromatic rings. The van der Waals surface area contributed by atoms with Crippen LogP contribution < -0.4 is 0 Å². The zero-order valence-electron chi connectivity index (χ0n) is 14.7. The lowest BCUT2D eigenvalue weighted by Gasteiger charge is -2.36. The number of fused-ring (bicyclic) bond motifs is 1. The van der Waals surface area contributed by atoms with Gasteiger partial charge in [-0.1, -0.05) is 30.3 Å². The second-order valence-electron chi connectivity index (χ2n) is 7.43. The van der Waals surface area contributed by atoms with Gasteiger partial charge < -0.3 is 4.90 Å². The van der Waals surface area contributed by atoms with E-state index >= 15 is 0 Å². The monoisotopic (exact) mass is 346 g/mol. The number of hydrogen-bond donors (Lipinski definition) is 1. The van der Waals surface area contributed by atoms with Crippen molar-refractivity contribution in [3.05, 3.63) is 59.4 Å². The number of aromatic amines is 1. The fourth-order valence-electron chi connectivity index (χ4n) is 4.08. The summed E-state index contributed by atoms with van der Waals surface area (Å²) in [5.74, 6) is 0.634. The van der Waals surface area contributed by atoms with E-state index in [2.05, 4.69) is 27.3 Å². The Kier molecular flexibility index (Phi) is 3.73. The number of piperidine rings is 1. The maximum Gasteiger partial charge on any atom is 0.255 e. The highest BCUT2D eigenvalue weighted by Gasteiger charge is 2.31. The van der Waals surface area contributed by atoms with Crippen molar-refractivity contribution in [1.29, 1.82) is 0 Å². The second kappa shape index (κ2) is 6.24. The first-order valence-electron chi connectivity index (χ1n) is 9.51. The van der Waals surface area contributed by atoms with Gasteiger partial charge in [-0.3, -0.25) is 9.89 Å². The van der Waals surface area contributed by atoms with Gasteiger partial charge >= 0.3 is 0 Å². The maximum atomic E-state index is 13.3. The van der Waals surface area contributed by atoms with Gasteiger partial charge in [0.15, 0.2) is 5.65 Å². The lowest BCUT2D eigenvalue weighted by atomic mass is 9.94. The molecule has 1 unspecified atom stereocenters. The van der Waals surface area contributed by atoms with Gasteiger partial charge in [-0.25, -0.2) is 4.98 Å². The third kappa shape index (κ3) is 2.68. The summed E-state index contributed by atoms with van der Waals surface area (Å²) in [5.41, 5.74) is 3.74. The number of carbonyl (C=O) groups excluding carboxylic acids is 1. The number of carbonyl (C=O) groups is 1. The van der Waals surface area contributed by atoms with Crippen molar-refractivity contribution in [3.63, 3.8) is 0 Å². The quantitative estimate of drug-likeness (QED) is 0.773. The number of likely N-dealkylation sites (tertiary alicyclic amines) is 1. The second-order valence-corrected chi connectivity index (χ2v) is 7.43. The predicted octanol–water partition coefficient (Wildman–Crippen LogP) is 4.20. The molecule has 5 rings (SSSR count). The van der Waals surface area contributed by atoms with Crippen LogP contribution >= 0.6 is 0 Å². The Bertz CT molecular complexity index is 945. The minimum atomic E-state index is 0.0795. The number of pyridine rings is 1. The van der Waals surface area contributed by atoms with Gasteiger partial charge in [0.2, 0.25) is 0 Å². The number of hydrogen-bond acceptors (Lipinski definition) is 3. The Morgan fingerprint density at radius 2 is 1.96 bits per heavy atom. The fraction of sp³-hybridized carbons (Fsp3) is 0.381. The van der Waals surface area contributed by atoms with Crippen LogP contribution in [0.1, 0.15) is 65.7 Å². The molecule has 132 valence electrons. The molecular formula is C21H22N4O. The molecular weight excluding hydrogens is 324 g/mol. The number of rotatable bonds is 3. The van der Waals surface area contributed by atoms with Gasteiger partial charge in [0.05, 0.1) is 11.6 Å². The Balaban J connectivity index is 1.49. The van der Waals surface area contributed by atoms with Crippen molar-refractivity contribution in [2.75, 3.05) is 6.54 Å². The van der Waals surface area contributed by atoms with Crippen LogP contribution in [0.2, 0.25) is 0 Å². The van der Waals surface area contributed by atoms with E-state index in [0.29, 0.717) is 17.1 Å². The largest absolute Gasteiger partial charge is 0.332 e. The molecule has 0 radical (unpaired) electrons. The van der Waals surface area contributed by atoms with Crippen LogP contribution in [0.25, 0.3) is 11.0 Å². The first-order chi connectivity index (χ1) is 12.8. The number of aromatic nitrogens is 3. The molecule has 2 aromatic heterocycles. The number of nitrogens with zero attached hydrogens (tertiary/aromatic N) is 3. The van der Waals surface area contributed by atoms with Crippen LogP contribution in [0, 0.1) is 0 Å². The van der Waals surface area contributed by atoms with Crippen molar-refractivity contribution < 1.29 is 4.79 Å². The van der Waals surface area contributed by atoms with Crippen molar-refractivity contribution >= 4 is 16.9 Å². The number of H-pyrrole nitrogens is 1. The molecule has 1 N–H and O–H groups in total. The molecule has 1 atom stereocenters. The normalized spacial score (nSPS) is 20.5. The molecule has 1 amide bonds. The van der Waals surface area contributed by atoms with Gasteiger partial charge in [0, 0.05) is 29.7 Å². The number of benzene rings is 1. The lowest BCUT2D eigenvalue weighted by molar-refractivity contribution is 0.0611. The first-order valence-corrected chi connectivity index (χ1v) is 9.51. The van der Waals surface area contributed by atoms with Crippen molar-refractivity contribution in [3.8, 4) is 0 Å². The highest BCUT2D eigenvalue weighted by Crippen LogP contribution is 2.42. The molecule has 0 spiro atoms. The molecule has 1 aliphatic heterocycles. The van der Waals surface area contributed by atoms with Crippen molar-refractivity contribution in [2.24, 2.45) is 0 Å². The third-order valence-corrected chi connectivity index (χ3v) is 5.62. The van der Waals surface area contributed by atoms with E-state index in [1.165, 1.54) is 18.4 Å². The standard InChI is InChI=1S/C21H22N4O/c26-21(25-11-5-4-8-18(25)14-6-2-1-3-7-14)16-12-17-19(15-9-10-15)23-24-20(17)22-13-16/h1-3,6-7,12-13,15,18H,4-5,8-11H2,(H,22,23,24). The van der Waals surface area contributed by atoms with Gasteiger partial charge in [-0.2, -0.15) is 5.10 Å². The van der Waals surface area contributed by atoms with E-state index in [1.54, 1.807) is 6.20 Å². The van der Waals surface area contributed by atoms with Crippen LogP contribution in [0.3, 0.4) is 0 Å². The van der Waals surface area contributed by atoms with Crippen molar-refractivity contribution in [1.82, 2.24) is 20.1 Å². The van der Waals surface area contributed by atoms with E-state index in [9.17, 15) is 4.79 Å². The molecule has 26 heavy (non-hydrogen) atoms. The summed E-state index contributed by atoms with van der Waals surface area (Å²) in [7, 11) is 0. The smallest absolute Gasteiger partial charge is 0.255 e. The number of nitrogens with one attached hydrogen (secondary N) is 1. The van der Waals surface area contributed by atoms with E-state index in [4.69, 9.17) is 0 Å². The minimum absolute atomic E-state index is 0.0795. The highest BCUT2D eigenvalue weighted by atomic mass is 16.2. The Morgan fingerprint density at radius 1 is 1.12 bits per heavy atom. The summed E-state index contributed by atoms with van der Waals surface area (Å²) >= 11 is 0. The van der Waals surface area contributed by atoms with Crippen LogP contribution in [-0.4, -0.2) is 32.5 Å². The van der Waals surface area contributed by atoms with Gasteiger partial charge in [-0.05, 0) is 43.7 Å². The van der Waals surface area contributed by atoms with E-state index in [-0.39, 0.29) is 11.9 Å². The maximum absolute atomic E-state index is 13.3. The van der Waals surface area contributed by atoms with Gasteiger partial charge in [0.25, 0.3) is 5.91 Å². The molecule has 1 saturated carbocycles. The summed E-state index contributed by atoms with van der Waals surface area (Å²) < 4.78 is 0. The molecule has 3 heterocycles. The molecule has 1 saturated heterocycles. The van der Waals surface area contributed by atoms with E-state index < -0.39 is 0 Å². The fourth-order valence-corrected chi connectivity index (χ4v) is 4.08. The zero-order chi connectivity index (χ0) is 17.5. The average molecular weight is 346 g/mol. The highest BCUT2D eigenvalue weighted by molar-refractivity contribution is 5.97. The molecule has 1 aliphatic carbocycles. The van der Waals surface area contributed by atoms with Crippen LogP contribution in [0.4, 0.5) is 0 Å². The topological polar surface area (TPSA) is 61.9 Å². The predicted molar refractivity (Wildman–Crippen MR) is 99.9 cm³/mol. The van der Waals surface area contributed by atoms with Crippen LogP contribution in [-0.2, 0) is 0 Å². The Labute approximate surface area is 152 Å². The zero-order valence-corrected chi connectivity index (χ0v) is 14.7. The minimum Gasteiger partial charge on any atom is -0.332 e. The summed E-state index contributed by atoms with van der Waals surface area (Å²) in [6.07, 6.45) is 7.30. The SMILES string of the molecule is O=C(c1cnc2n[nH]c(C3CC3)c2c1)N1CCCCC1c1ccccc1. The molecule has 5 nitrogen and oxygen atoms in total. The molecule has 5 heteroatoms. The molecule has 2 fully saturated rings. The number of amides is 1. The third-order valence-electron chi connectivity index (χ3n) is 5.62. The lowest BCUT2D eigenvalue weighted by Crippen LogP contribution is -2.38. The Hall–Kier alpha value is -2.69. The Morgan fingerprint density at radius 3 is 2.77 bits per heavy atom. The van der Waals surface area contributed by atoms with Crippen LogP contribution in [0.5, 0.6) is 0 Å². The summed E-state index contributed by atoms with van der Waals surface area (Å²) in [5, 5.41) is 8.42. The molecule has 1 aromatic carbocycles. The summed E-state index contributed by atoms with van der Waals surface area (Å²) in [6, 6.07) is 12.5. The first kappa shape index (κ1) is 15.6. The van der Waals surface area contributed by atoms with Gasteiger partial charge in [-0.15, -0.1) is 0 Å². The molecule has 2 aliphatic rings. The average Bonchev–Trinajstić information content (AvgIpc) is 3.47. The van der Waals surface area contributed by atoms with Crippen LogP contribution in [0.15, 0.2) is 42.6 Å². The van der Waals surface area contributed by atoms with E-state index in [0.717, 1.165) is 36.9 Å².